The van der Waals surface area contributed by atoms with Crippen LogP contribution in [0.1, 0.15) is 44.6 Å². The summed E-state index contributed by atoms with van der Waals surface area (Å²) in [4.78, 5) is 0. The lowest BCUT2D eigenvalue weighted by atomic mass is 10.2. The molecule has 0 aliphatic heterocycles. The second-order valence-corrected chi connectivity index (χ2v) is 5.25. The van der Waals surface area contributed by atoms with E-state index >= 15 is 0 Å². The number of halogens is 1. The number of ether oxygens (including phenoxy) is 1. The molecule has 106 valence electrons. The molecule has 0 radical (unpaired) electrons. The van der Waals surface area contributed by atoms with Gasteiger partial charge in [-0.2, -0.15) is 0 Å². The second-order valence-electron chi connectivity index (χ2n) is 4.39. The summed E-state index contributed by atoms with van der Waals surface area (Å²) in [6, 6.07) is 5.37. The molecular formula is C14H21BrN2O2. The lowest BCUT2D eigenvalue weighted by Crippen LogP contribution is -2.13. The molecule has 0 fully saturated rings. The quantitative estimate of drug-likeness (QED) is 0.250. The Hall–Kier alpha value is -1.23. The van der Waals surface area contributed by atoms with Crippen molar-refractivity contribution in [2.45, 2.75) is 39.0 Å². The van der Waals surface area contributed by atoms with Gasteiger partial charge in [0.1, 0.15) is 5.75 Å². The first-order valence-electron chi connectivity index (χ1n) is 6.59. The molecule has 0 atom stereocenters. The summed E-state index contributed by atoms with van der Waals surface area (Å²) in [6.07, 6.45) is 6.07. The third-order valence-electron chi connectivity index (χ3n) is 2.84. The summed E-state index contributed by atoms with van der Waals surface area (Å²) in [5, 5.41) is 11.6. The van der Waals surface area contributed by atoms with Crippen LogP contribution >= 0.6 is 15.9 Å². The van der Waals surface area contributed by atoms with Gasteiger partial charge in [0.15, 0.2) is 5.84 Å². The number of hydrogen-bond donors (Lipinski definition) is 2. The minimum atomic E-state index is 0.0896. The van der Waals surface area contributed by atoms with Crippen LogP contribution in [-0.4, -0.2) is 17.6 Å². The Bertz CT molecular complexity index is 422. The molecule has 0 spiro atoms. The molecule has 4 nitrogen and oxygen atoms in total. The van der Waals surface area contributed by atoms with Gasteiger partial charge in [-0.1, -0.05) is 37.8 Å². The summed E-state index contributed by atoms with van der Waals surface area (Å²) in [5.41, 5.74) is 6.18. The normalized spacial score (nSPS) is 11.6. The van der Waals surface area contributed by atoms with Crippen molar-refractivity contribution in [1.29, 1.82) is 0 Å². The van der Waals surface area contributed by atoms with E-state index in [1.54, 1.807) is 12.1 Å². The van der Waals surface area contributed by atoms with Crippen LogP contribution < -0.4 is 10.5 Å². The molecule has 0 saturated carbocycles. The molecule has 0 saturated heterocycles. The highest BCUT2D eigenvalue weighted by Gasteiger charge is 2.05. The largest absolute Gasteiger partial charge is 0.492 e. The molecule has 0 aliphatic carbocycles. The van der Waals surface area contributed by atoms with Crippen LogP contribution in [0.5, 0.6) is 5.75 Å². The number of rotatable bonds is 8. The summed E-state index contributed by atoms with van der Waals surface area (Å²) in [6.45, 7) is 2.92. The van der Waals surface area contributed by atoms with Crippen molar-refractivity contribution < 1.29 is 9.94 Å². The Morgan fingerprint density at radius 1 is 1.32 bits per heavy atom. The molecular weight excluding hydrogens is 308 g/mol. The molecule has 0 aliphatic rings. The third-order valence-corrected chi connectivity index (χ3v) is 3.46. The van der Waals surface area contributed by atoms with E-state index in [-0.39, 0.29) is 5.84 Å². The average Bonchev–Trinajstić information content (AvgIpc) is 2.43. The summed E-state index contributed by atoms with van der Waals surface area (Å²) >= 11 is 3.42. The Morgan fingerprint density at radius 3 is 2.68 bits per heavy atom. The van der Waals surface area contributed by atoms with Gasteiger partial charge in [0.05, 0.1) is 11.1 Å². The number of unbranched alkanes of at least 4 members (excludes halogenated alkanes) is 4. The molecule has 0 bridgehead atoms. The Kier molecular flexibility index (Phi) is 7.33. The van der Waals surface area contributed by atoms with Gasteiger partial charge in [0.2, 0.25) is 0 Å². The molecule has 0 unspecified atom stereocenters. The van der Waals surface area contributed by atoms with Crippen LogP contribution in [0.4, 0.5) is 0 Å². The number of amidine groups is 1. The van der Waals surface area contributed by atoms with E-state index in [0.29, 0.717) is 12.2 Å². The molecule has 1 rings (SSSR count). The third kappa shape index (κ3) is 5.51. The fraction of sp³-hybridized carbons (Fsp3) is 0.500. The predicted molar refractivity (Wildman–Crippen MR) is 80.9 cm³/mol. The maximum absolute atomic E-state index is 8.61. The van der Waals surface area contributed by atoms with Gasteiger partial charge >= 0.3 is 0 Å². The van der Waals surface area contributed by atoms with E-state index in [2.05, 4.69) is 28.0 Å². The van der Waals surface area contributed by atoms with Crippen molar-refractivity contribution in [3.05, 3.63) is 28.2 Å². The fourth-order valence-corrected chi connectivity index (χ4v) is 2.22. The first-order valence-corrected chi connectivity index (χ1v) is 7.38. The van der Waals surface area contributed by atoms with E-state index in [4.69, 9.17) is 15.7 Å². The van der Waals surface area contributed by atoms with Gasteiger partial charge < -0.3 is 15.7 Å². The number of hydrogen-bond acceptors (Lipinski definition) is 3. The predicted octanol–water partition coefficient (Wildman–Crippen LogP) is 3.89. The molecule has 1 aromatic carbocycles. The number of oxime groups is 1. The Balaban J connectivity index is 2.43. The van der Waals surface area contributed by atoms with Crippen LogP contribution in [0.3, 0.4) is 0 Å². The molecule has 3 N–H and O–H groups in total. The van der Waals surface area contributed by atoms with Gasteiger partial charge in [-0.25, -0.2) is 0 Å². The SMILES string of the molecule is CCCCCCCOc1ccc(/C(N)=N/O)cc1Br. The van der Waals surface area contributed by atoms with Crippen molar-refractivity contribution in [2.75, 3.05) is 6.61 Å². The standard InChI is InChI=1S/C14H21BrN2O2/c1-2-3-4-5-6-9-19-13-8-7-11(10-12(13)15)14(16)17-18/h7-8,10,18H,2-6,9H2,1H3,(H2,16,17). The van der Waals surface area contributed by atoms with Crippen LogP contribution in [0.2, 0.25) is 0 Å². The molecule has 5 heteroatoms. The second kappa shape index (κ2) is 8.80. The molecule has 19 heavy (non-hydrogen) atoms. The highest BCUT2D eigenvalue weighted by molar-refractivity contribution is 9.10. The Labute approximate surface area is 122 Å². The van der Waals surface area contributed by atoms with Crippen molar-refractivity contribution in [3.63, 3.8) is 0 Å². The van der Waals surface area contributed by atoms with E-state index in [1.165, 1.54) is 25.7 Å². The van der Waals surface area contributed by atoms with E-state index in [1.807, 2.05) is 6.07 Å². The molecule has 0 aromatic heterocycles. The highest BCUT2D eigenvalue weighted by Crippen LogP contribution is 2.26. The number of nitrogens with zero attached hydrogens (tertiary/aromatic N) is 1. The van der Waals surface area contributed by atoms with Crippen LogP contribution in [0.15, 0.2) is 27.8 Å². The average molecular weight is 329 g/mol. The lowest BCUT2D eigenvalue weighted by molar-refractivity contribution is 0.302. The zero-order valence-electron chi connectivity index (χ0n) is 11.2. The fourth-order valence-electron chi connectivity index (χ4n) is 1.72. The Morgan fingerprint density at radius 2 is 2.05 bits per heavy atom. The van der Waals surface area contributed by atoms with Crippen LogP contribution in [0, 0.1) is 0 Å². The summed E-state index contributed by atoms with van der Waals surface area (Å²) < 4.78 is 6.51. The van der Waals surface area contributed by atoms with Gasteiger partial charge in [-0.15, -0.1) is 0 Å². The number of benzene rings is 1. The minimum absolute atomic E-state index is 0.0896. The lowest BCUT2D eigenvalue weighted by Gasteiger charge is -2.09. The van der Waals surface area contributed by atoms with Gasteiger partial charge in [-0.3, -0.25) is 0 Å². The van der Waals surface area contributed by atoms with E-state index < -0.39 is 0 Å². The number of nitrogens with two attached hydrogens (primary N) is 1. The topological polar surface area (TPSA) is 67.8 Å². The summed E-state index contributed by atoms with van der Waals surface area (Å²) in [5.74, 6) is 0.872. The minimum Gasteiger partial charge on any atom is -0.492 e. The molecule has 0 heterocycles. The van der Waals surface area contributed by atoms with Crippen molar-refractivity contribution in [1.82, 2.24) is 0 Å². The highest BCUT2D eigenvalue weighted by atomic mass is 79.9. The molecule has 1 aromatic rings. The van der Waals surface area contributed by atoms with E-state index in [0.717, 1.165) is 16.6 Å². The maximum atomic E-state index is 8.61. The maximum Gasteiger partial charge on any atom is 0.170 e. The first-order chi connectivity index (χ1) is 9.19. The van der Waals surface area contributed by atoms with Crippen LogP contribution in [0.25, 0.3) is 0 Å². The van der Waals surface area contributed by atoms with Gasteiger partial charge in [0, 0.05) is 5.56 Å². The zero-order chi connectivity index (χ0) is 14.1. The summed E-state index contributed by atoms with van der Waals surface area (Å²) in [7, 11) is 0. The van der Waals surface area contributed by atoms with Crippen molar-refractivity contribution in [2.24, 2.45) is 10.9 Å². The van der Waals surface area contributed by atoms with Gasteiger partial charge in [-0.05, 0) is 40.5 Å². The first kappa shape index (κ1) is 15.8. The molecule has 0 amide bonds. The smallest absolute Gasteiger partial charge is 0.170 e. The van der Waals surface area contributed by atoms with Crippen LogP contribution in [-0.2, 0) is 0 Å². The zero-order valence-corrected chi connectivity index (χ0v) is 12.8. The monoisotopic (exact) mass is 328 g/mol. The van der Waals surface area contributed by atoms with Crippen molar-refractivity contribution in [3.8, 4) is 5.75 Å². The van der Waals surface area contributed by atoms with E-state index in [9.17, 15) is 0 Å². The van der Waals surface area contributed by atoms with Gasteiger partial charge in [0.25, 0.3) is 0 Å². The van der Waals surface area contributed by atoms with Crippen molar-refractivity contribution >= 4 is 21.8 Å².